The van der Waals surface area contributed by atoms with Crippen LogP contribution in [0.3, 0.4) is 0 Å². The Labute approximate surface area is 237 Å². The van der Waals surface area contributed by atoms with Crippen molar-refractivity contribution in [1.82, 2.24) is 19.9 Å². The fourth-order valence-electron chi connectivity index (χ4n) is 5.10. The van der Waals surface area contributed by atoms with E-state index >= 15 is 0 Å². The van der Waals surface area contributed by atoms with Gasteiger partial charge in [0, 0.05) is 39.3 Å². The molecule has 12 nitrogen and oxygen atoms in total. The first-order valence-corrected chi connectivity index (χ1v) is 13.8. The number of methoxy groups -OCH3 is 1. The summed E-state index contributed by atoms with van der Waals surface area (Å²) in [6.07, 6.45) is 0.426. The number of benzene rings is 2. The van der Waals surface area contributed by atoms with Crippen molar-refractivity contribution >= 4 is 34.6 Å². The summed E-state index contributed by atoms with van der Waals surface area (Å²) in [7, 11) is 1.64. The predicted molar refractivity (Wildman–Crippen MR) is 157 cm³/mol. The molecule has 2 unspecified atom stereocenters. The number of aliphatic hydroxyl groups is 2. The van der Waals surface area contributed by atoms with Crippen LogP contribution < -0.4 is 25.2 Å². The third-order valence-electron chi connectivity index (χ3n) is 7.43. The Morgan fingerprint density at radius 2 is 1.20 bits per heavy atom. The Balaban J connectivity index is 1.41. The smallest absolute Gasteiger partial charge is 0.228 e. The van der Waals surface area contributed by atoms with Gasteiger partial charge < -0.3 is 40.5 Å². The number of phenols is 1. The number of phenolic OH excluding ortho intramolecular Hbond substituents is 1. The molecule has 12 heteroatoms. The molecule has 214 valence electrons. The Bertz CT molecular complexity index is 1500. The Morgan fingerprint density at radius 1 is 0.732 bits per heavy atom. The molecule has 2 aromatic carbocycles. The molecule has 2 atom stereocenters. The SMILES string of the molecule is COc1ccc(CNc2nc(N3CCC(O)C3)nc3c(NCc4ccc(O)cc4)nc(N4CCC(O)C4)nc23)cc1. The highest BCUT2D eigenvalue weighted by Crippen LogP contribution is 2.31. The molecule has 0 aliphatic carbocycles. The molecule has 0 spiro atoms. The predicted octanol–water partition coefficient (Wildman–Crippen LogP) is 2.50. The molecule has 0 bridgehead atoms. The first kappa shape index (κ1) is 26.8. The molecule has 4 heterocycles. The topological polar surface area (TPSA) is 152 Å². The molecular weight excluding hydrogens is 524 g/mol. The van der Waals surface area contributed by atoms with Crippen molar-refractivity contribution < 1.29 is 20.1 Å². The lowest BCUT2D eigenvalue weighted by atomic mass is 10.2. The number of nitrogens with zero attached hydrogens (tertiary/aromatic N) is 6. The largest absolute Gasteiger partial charge is 0.508 e. The number of aromatic nitrogens is 4. The number of rotatable bonds is 9. The van der Waals surface area contributed by atoms with Crippen LogP contribution in [0.25, 0.3) is 11.0 Å². The number of aromatic hydroxyl groups is 1. The van der Waals surface area contributed by atoms with E-state index < -0.39 is 12.2 Å². The Kier molecular flexibility index (Phi) is 7.57. The zero-order valence-electron chi connectivity index (χ0n) is 22.9. The molecule has 0 saturated carbocycles. The average Bonchev–Trinajstić information content (AvgIpc) is 3.63. The minimum atomic E-state index is -0.435. The van der Waals surface area contributed by atoms with Crippen LogP contribution in [0.2, 0.25) is 0 Å². The van der Waals surface area contributed by atoms with Crippen molar-refractivity contribution in [1.29, 1.82) is 0 Å². The second kappa shape index (κ2) is 11.6. The van der Waals surface area contributed by atoms with Crippen molar-refractivity contribution in [2.45, 2.75) is 38.1 Å². The maximum absolute atomic E-state index is 10.2. The highest BCUT2D eigenvalue weighted by molar-refractivity contribution is 5.94. The number of anilines is 4. The summed E-state index contributed by atoms with van der Waals surface area (Å²) < 4.78 is 5.29. The number of fused-ring (bicyclic) bond motifs is 1. The molecule has 2 aromatic heterocycles. The lowest BCUT2D eigenvalue weighted by Crippen LogP contribution is -2.25. The van der Waals surface area contributed by atoms with E-state index in [0.717, 1.165) is 16.9 Å². The fourth-order valence-corrected chi connectivity index (χ4v) is 5.10. The fraction of sp³-hybridized carbons (Fsp3) is 0.379. The van der Waals surface area contributed by atoms with Gasteiger partial charge in [0.2, 0.25) is 11.9 Å². The van der Waals surface area contributed by atoms with Crippen LogP contribution in [0.1, 0.15) is 24.0 Å². The van der Waals surface area contributed by atoms with Crippen LogP contribution in [-0.4, -0.2) is 80.8 Å². The first-order chi connectivity index (χ1) is 19.9. The number of β-amino-alcohol motifs (C(OH)–C–C–N with tert-alkyl or cyclic N) is 2. The van der Waals surface area contributed by atoms with E-state index in [1.54, 1.807) is 19.2 Å². The summed E-state index contributed by atoms with van der Waals surface area (Å²) in [5.41, 5.74) is 3.11. The molecule has 6 rings (SSSR count). The molecular formula is C29H34N8O4. The maximum Gasteiger partial charge on any atom is 0.228 e. The van der Waals surface area contributed by atoms with Gasteiger partial charge in [0.05, 0.1) is 19.3 Å². The third kappa shape index (κ3) is 6.03. The molecule has 2 fully saturated rings. The van der Waals surface area contributed by atoms with Gasteiger partial charge >= 0.3 is 0 Å². The molecule has 4 aromatic rings. The average molecular weight is 559 g/mol. The highest BCUT2D eigenvalue weighted by Gasteiger charge is 2.27. The Morgan fingerprint density at radius 3 is 1.61 bits per heavy atom. The molecule has 2 saturated heterocycles. The van der Waals surface area contributed by atoms with Crippen LogP contribution in [-0.2, 0) is 13.1 Å². The van der Waals surface area contributed by atoms with E-state index in [4.69, 9.17) is 24.7 Å². The monoisotopic (exact) mass is 558 g/mol. The molecule has 0 amide bonds. The van der Waals surface area contributed by atoms with Crippen molar-refractivity contribution in [2.24, 2.45) is 0 Å². The number of hydrogen-bond donors (Lipinski definition) is 5. The van der Waals surface area contributed by atoms with Gasteiger partial charge in [-0.25, -0.2) is 9.97 Å². The lowest BCUT2D eigenvalue weighted by molar-refractivity contribution is 0.198. The van der Waals surface area contributed by atoms with Gasteiger partial charge in [0.15, 0.2) is 11.6 Å². The number of ether oxygens (including phenoxy) is 1. The van der Waals surface area contributed by atoms with Gasteiger partial charge in [-0.3, -0.25) is 0 Å². The standard InChI is InChI=1S/C29H34N8O4/c1-41-23-8-4-19(5-9-23)15-31-27-25-24(32-29(35-27)37-13-11-22(40)17-37)26(30-14-18-2-6-20(38)7-3-18)34-28(33-25)36-12-10-21(39)16-36/h2-9,21-22,38-40H,10-17H2,1H3,(H,30,33,34)(H,31,32,35). The second-order valence-electron chi connectivity index (χ2n) is 10.4. The summed E-state index contributed by atoms with van der Waals surface area (Å²) >= 11 is 0. The third-order valence-corrected chi connectivity index (χ3v) is 7.43. The van der Waals surface area contributed by atoms with Crippen LogP contribution in [0.15, 0.2) is 48.5 Å². The molecule has 41 heavy (non-hydrogen) atoms. The van der Waals surface area contributed by atoms with Gasteiger partial charge in [-0.15, -0.1) is 0 Å². The van der Waals surface area contributed by atoms with Crippen LogP contribution in [0.5, 0.6) is 11.5 Å². The summed E-state index contributed by atoms with van der Waals surface area (Å²) in [5.74, 6) is 3.06. The molecule has 2 aliphatic heterocycles. The quantitative estimate of drug-likeness (QED) is 0.205. The van der Waals surface area contributed by atoms with E-state index in [1.807, 2.05) is 46.2 Å². The van der Waals surface area contributed by atoms with E-state index in [2.05, 4.69) is 10.6 Å². The Hall–Kier alpha value is -4.42. The minimum absolute atomic E-state index is 0.203. The van der Waals surface area contributed by atoms with Gasteiger partial charge in [0.1, 0.15) is 22.5 Å². The van der Waals surface area contributed by atoms with Gasteiger partial charge in [-0.1, -0.05) is 24.3 Å². The summed E-state index contributed by atoms with van der Waals surface area (Å²) in [5, 5.41) is 36.9. The number of hydrogen-bond acceptors (Lipinski definition) is 12. The van der Waals surface area contributed by atoms with Crippen molar-refractivity contribution in [2.75, 3.05) is 53.7 Å². The molecule has 2 aliphatic rings. The number of nitrogens with one attached hydrogen (secondary N) is 2. The first-order valence-electron chi connectivity index (χ1n) is 13.8. The zero-order valence-corrected chi connectivity index (χ0v) is 22.9. The second-order valence-corrected chi connectivity index (χ2v) is 10.4. The highest BCUT2D eigenvalue weighted by atomic mass is 16.5. The minimum Gasteiger partial charge on any atom is -0.508 e. The maximum atomic E-state index is 10.2. The lowest BCUT2D eigenvalue weighted by Gasteiger charge is -2.21. The van der Waals surface area contributed by atoms with Crippen LogP contribution in [0.4, 0.5) is 23.5 Å². The van der Waals surface area contributed by atoms with Crippen molar-refractivity contribution in [3.63, 3.8) is 0 Å². The van der Waals surface area contributed by atoms with Gasteiger partial charge in [-0.05, 0) is 48.2 Å². The summed E-state index contributed by atoms with van der Waals surface area (Å²) in [6, 6.07) is 14.8. The summed E-state index contributed by atoms with van der Waals surface area (Å²) in [6.45, 7) is 3.13. The number of aliphatic hydroxyl groups excluding tert-OH is 2. The van der Waals surface area contributed by atoms with E-state index in [0.29, 0.717) is 86.7 Å². The van der Waals surface area contributed by atoms with Gasteiger partial charge in [0.25, 0.3) is 0 Å². The summed E-state index contributed by atoms with van der Waals surface area (Å²) in [4.78, 5) is 23.4. The van der Waals surface area contributed by atoms with E-state index in [-0.39, 0.29) is 5.75 Å². The van der Waals surface area contributed by atoms with Crippen molar-refractivity contribution in [3.05, 3.63) is 59.7 Å². The van der Waals surface area contributed by atoms with E-state index in [9.17, 15) is 15.3 Å². The molecule has 0 radical (unpaired) electrons. The molecule has 5 N–H and O–H groups in total. The van der Waals surface area contributed by atoms with Crippen LogP contribution in [0, 0.1) is 0 Å². The van der Waals surface area contributed by atoms with Gasteiger partial charge in [-0.2, -0.15) is 9.97 Å². The normalized spacial score (nSPS) is 18.7. The zero-order chi connectivity index (χ0) is 28.3. The van der Waals surface area contributed by atoms with Crippen LogP contribution >= 0.6 is 0 Å². The van der Waals surface area contributed by atoms with Crippen molar-refractivity contribution in [3.8, 4) is 11.5 Å². The van der Waals surface area contributed by atoms with E-state index in [1.165, 1.54) is 0 Å².